The fourth-order valence-electron chi connectivity index (χ4n) is 3.65. The highest BCUT2D eigenvalue weighted by atomic mass is 16.7. The molecule has 0 aromatic carbocycles. The second-order valence-corrected chi connectivity index (χ2v) is 5.25. The van der Waals surface area contributed by atoms with Crippen molar-refractivity contribution < 1.29 is 24.2 Å². The molecule has 0 spiro atoms. The lowest BCUT2D eigenvalue weighted by Crippen LogP contribution is -2.54. The molecule has 2 fully saturated rings. The number of rotatable bonds is 2. The molecule has 1 saturated carbocycles. The number of fused-ring (bicyclic) bond motifs is 3. The van der Waals surface area contributed by atoms with Crippen LogP contribution < -0.4 is 0 Å². The zero-order valence-electron chi connectivity index (χ0n) is 11.5. The van der Waals surface area contributed by atoms with Gasteiger partial charge in [-0.2, -0.15) is 0 Å². The first-order chi connectivity index (χ1) is 9.60. The zero-order chi connectivity index (χ0) is 14.4. The van der Waals surface area contributed by atoms with Crippen LogP contribution in [0, 0.1) is 5.92 Å². The Balaban J connectivity index is 2.04. The van der Waals surface area contributed by atoms with Crippen molar-refractivity contribution in [2.45, 2.75) is 38.3 Å². The van der Waals surface area contributed by atoms with Gasteiger partial charge < -0.3 is 14.6 Å². The number of ether oxygens (including phenoxy) is 2. The lowest BCUT2D eigenvalue weighted by atomic mass is 9.76. The number of nitrogens with zero attached hydrogens (tertiary/aromatic N) is 1. The standard InChI is InChI=1S/C14H17NO5/c1-3-7-11-8-5-4-6-9(19-2)10(8)13(20-14(17)18)15(11)12(7)16/h3,8-9,11H,4-6H2,1-2H3,(H,17,18)/b7-3+/t8-,9-,11+/m1/s1. The van der Waals surface area contributed by atoms with Crippen LogP contribution >= 0.6 is 0 Å². The second kappa shape index (κ2) is 4.63. The van der Waals surface area contributed by atoms with E-state index in [1.165, 1.54) is 4.90 Å². The van der Waals surface area contributed by atoms with Crippen molar-refractivity contribution in [3.05, 3.63) is 23.1 Å². The van der Waals surface area contributed by atoms with Crippen LogP contribution in [0.3, 0.4) is 0 Å². The molecule has 3 rings (SSSR count). The minimum absolute atomic E-state index is 0.0743. The van der Waals surface area contributed by atoms with Crippen LogP contribution in [-0.2, 0) is 14.3 Å². The molecule has 1 N–H and O–H groups in total. The molecule has 1 aliphatic carbocycles. The van der Waals surface area contributed by atoms with Crippen LogP contribution in [0.25, 0.3) is 0 Å². The first-order valence-electron chi connectivity index (χ1n) is 6.77. The number of hydrogen-bond donors (Lipinski definition) is 1. The molecule has 1 saturated heterocycles. The summed E-state index contributed by atoms with van der Waals surface area (Å²) < 4.78 is 10.4. The molecular formula is C14H17NO5. The summed E-state index contributed by atoms with van der Waals surface area (Å²) in [6.07, 6.45) is 3.00. The number of carboxylic acid groups (broad SMARTS) is 1. The quantitative estimate of drug-likeness (QED) is 0.474. The molecule has 6 nitrogen and oxygen atoms in total. The molecule has 6 heteroatoms. The molecular weight excluding hydrogens is 262 g/mol. The van der Waals surface area contributed by atoms with Crippen molar-refractivity contribution in [1.29, 1.82) is 0 Å². The molecule has 20 heavy (non-hydrogen) atoms. The molecule has 2 heterocycles. The van der Waals surface area contributed by atoms with Gasteiger partial charge in [-0.25, -0.2) is 4.79 Å². The van der Waals surface area contributed by atoms with Crippen LogP contribution in [0.4, 0.5) is 4.79 Å². The number of carbonyl (C=O) groups is 2. The number of amides is 1. The van der Waals surface area contributed by atoms with Gasteiger partial charge in [0.05, 0.1) is 12.1 Å². The van der Waals surface area contributed by atoms with Gasteiger partial charge in [0.2, 0.25) is 5.88 Å². The Morgan fingerprint density at radius 3 is 2.80 bits per heavy atom. The largest absolute Gasteiger partial charge is 0.512 e. The molecule has 1 amide bonds. The average molecular weight is 279 g/mol. The van der Waals surface area contributed by atoms with Gasteiger partial charge >= 0.3 is 6.16 Å². The highest BCUT2D eigenvalue weighted by Gasteiger charge is 2.58. The van der Waals surface area contributed by atoms with E-state index in [-0.39, 0.29) is 29.9 Å². The van der Waals surface area contributed by atoms with E-state index in [1.807, 2.05) is 6.92 Å². The summed E-state index contributed by atoms with van der Waals surface area (Å²) in [7, 11) is 1.60. The van der Waals surface area contributed by atoms with E-state index >= 15 is 0 Å². The van der Waals surface area contributed by atoms with Gasteiger partial charge in [0.15, 0.2) is 0 Å². The number of methoxy groups -OCH3 is 1. The Morgan fingerprint density at radius 1 is 1.45 bits per heavy atom. The van der Waals surface area contributed by atoms with E-state index in [2.05, 4.69) is 0 Å². The van der Waals surface area contributed by atoms with E-state index in [4.69, 9.17) is 14.6 Å². The fraction of sp³-hybridized carbons (Fsp3) is 0.571. The zero-order valence-corrected chi connectivity index (χ0v) is 11.5. The fourth-order valence-corrected chi connectivity index (χ4v) is 3.65. The van der Waals surface area contributed by atoms with Crippen LogP contribution in [0.1, 0.15) is 26.2 Å². The molecule has 0 aromatic heterocycles. The van der Waals surface area contributed by atoms with Crippen molar-refractivity contribution in [2.24, 2.45) is 5.92 Å². The molecule has 3 aliphatic rings. The predicted octanol–water partition coefficient (Wildman–Crippen LogP) is 1.88. The highest BCUT2D eigenvalue weighted by molar-refractivity contribution is 6.04. The highest BCUT2D eigenvalue weighted by Crippen LogP contribution is 2.51. The van der Waals surface area contributed by atoms with Crippen molar-refractivity contribution in [3.8, 4) is 0 Å². The lowest BCUT2D eigenvalue weighted by Gasteiger charge is -2.41. The second-order valence-electron chi connectivity index (χ2n) is 5.25. The Morgan fingerprint density at radius 2 is 2.20 bits per heavy atom. The van der Waals surface area contributed by atoms with Gasteiger partial charge in [-0.1, -0.05) is 6.08 Å². The molecule has 0 radical (unpaired) electrons. The monoisotopic (exact) mass is 279 g/mol. The summed E-state index contributed by atoms with van der Waals surface area (Å²) in [5.41, 5.74) is 1.57. The lowest BCUT2D eigenvalue weighted by molar-refractivity contribution is -0.136. The van der Waals surface area contributed by atoms with Gasteiger partial charge in [0.1, 0.15) is 0 Å². The van der Waals surface area contributed by atoms with Gasteiger partial charge in [-0.15, -0.1) is 0 Å². The first kappa shape index (κ1) is 13.2. The number of carbonyl (C=O) groups excluding carboxylic acids is 1. The Bertz CT molecular complexity index is 536. The summed E-state index contributed by atoms with van der Waals surface area (Å²) >= 11 is 0. The van der Waals surface area contributed by atoms with Crippen molar-refractivity contribution in [3.63, 3.8) is 0 Å². The molecule has 3 atom stereocenters. The van der Waals surface area contributed by atoms with E-state index in [1.54, 1.807) is 13.2 Å². The Hall–Kier alpha value is -1.82. The van der Waals surface area contributed by atoms with E-state index < -0.39 is 6.16 Å². The minimum atomic E-state index is -1.39. The van der Waals surface area contributed by atoms with E-state index in [9.17, 15) is 9.59 Å². The van der Waals surface area contributed by atoms with E-state index in [0.29, 0.717) is 0 Å². The molecule has 0 bridgehead atoms. The number of allylic oxidation sites excluding steroid dienone is 1. The van der Waals surface area contributed by atoms with E-state index in [0.717, 1.165) is 30.4 Å². The molecule has 2 aliphatic heterocycles. The molecule has 0 aromatic rings. The van der Waals surface area contributed by atoms with Gasteiger partial charge in [-0.05, 0) is 26.2 Å². The molecule has 0 unspecified atom stereocenters. The number of hydrogen-bond acceptors (Lipinski definition) is 4. The van der Waals surface area contributed by atoms with Crippen LogP contribution in [0.2, 0.25) is 0 Å². The summed E-state index contributed by atoms with van der Waals surface area (Å²) in [4.78, 5) is 24.5. The maximum atomic E-state index is 12.1. The van der Waals surface area contributed by atoms with Gasteiger partial charge in [-0.3, -0.25) is 9.69 Å². The third-order valence-electron chi connectivity index (χ3n) is 4.42. The van der Waals surface area contributed by atoms with Crippen molar-refractivity contribution >= 4 is 12.1 Å². The third kappa shape index (κ3) is 1.61. The Labute approximate surface area is 116 Å². The Kier molecular flexibility index (Phi) is 3.05. The average Bonchev–Trinajstić information content (AvgIpc) is 2.69. The first-order valence-corrected chi connectivity index (χ1v) is 6.77. The predicted molar refractivity (Wildman–Crippen MR) is 68.7 cm³/mol. The summed E-state index contributed by atoms with van der Waals surface area (Å²) in [5.74, 6) is 0.132. The normalized spacial score (nSPS) is 33.9. The maximum absolute atomic E-state index is 12.1. The SMILES string of the molecule is C/C=C1/C(=O)N2C(OC(=O)O)=C3[C@@H](CCC[C@H]3OC)[C@H]12. The number of β-lactam (4-membered cyclic amide) rings is 1. The summed E-state index contributed by atoms with van der Waals surface area (Å²) in [6, 6.07) is -0.0743. The minimum Gasteiger partial charge on any atom is -0.449 e. The van der Waals surface area contributed by atoms with Crippen molar-refractivity contribution in [2.75, 3.05) is 7.11 Å². The summed E-state index contributed by atoms with van der Waals surface area (Å²) in [5, 5.41) is 8.91. The third-order valence-corrected chi connectivity index (χ3v) is 4.42. The molecule has 108 valence electrons. The maximum Gasteiger partial charge on any atom is 0.512 e. The van der Waals surface area contributed by atoms with Gasteiger partial charge in [0, 0.05) is 24.2 Å². The van der Waals surface area contributed by atoms with Crippen LogP contribution in [-0.4, -0.2) is 41.3 Å². The summed E-state index contributed by atoms with van der Waals surface area (Å²) in [6.45, 7) is 1.83. The topological polar surface area (TPSA) is 76.1 Å². The smallest absolute Gasteiger partial charge is 0.449 e. The van der Waals surface area contributed by atoms with Crippen molar-refractivity contribution in [1.82, 2.24) is 4.90 Å². The van der Waals surface area contributed by atoms with Gasteiger partial charge in [0.25, 0.3) is 5.91 Å². The van der Waals surface area contributed by atoms with Crippen LogP contribution in [0.15, 0.2) is 23.1 Å². The van der Waals surface area contributed by atoms with Crippen LogP contribution in [0.5, 0.6) is 0 Å².